The molecule has 4 heteroatoms. The first-order valence-electron chi connectivity index (χ1n) is 6.93. The van der Waals surface area contributed by atoms with Crippen LogP contribution in [0.15, 0.2) is 47.8 Å². The maximum Gasteiger partial charge on any atom is 0.328 e. The summed E-state index contributed by atoms with van der Waals surface area (Å²) in [7, 11) is 0. The molecule has 0 saturated heterocycles. The van der Waals surface area contributed by atoms with Crippen LogP contribution in [0.3, 0.4) is 0 Å². The molecule has 4 rings (SSSR count). The van der Waals surface area contributed by atoms with Gasteiger partial charge in [-0.2, -0.15) is 0 Å². The van der Waals surface area contributed by atoms with E-state index in [2.05, 4.69) is 6.08 Å². The van der Waals surface area contributed by atoms with Crippen molar-refractivity contribution in [3.05, 3.63) is 64.4 Å². The zero-order valence-corrected chi connectivity index (χ0v) is 11.3. The molecule has 4 nitrogen and oxygen atoms in total. The number of aliphatic carboxylic acids is 1. The SMILES string of the molecule is O=C(O)C=Cc1ccc2c(c1)C1OCC3=C(OCC=C3)C21. The Morgan fingerprint density at radius 3 is 3.10 bits per heavy atom. The first-order valence-corrected chi connectivity index (χ1v) is 6.93. The summed E-state index contributed by atoms with van der Waals surface area (Å²) in [6.07, 6.45) is 6.86. The average molecular weight is 282 g/mol. The van der Waals surface area contributed by atoms with Crippen LogP contribution in [0.2, 0.25) is 0 Å². The highest BCUT2D eigenvalue weighted by atomic mass is 16.5. The van der Waals surface area contributed by atoms with Gasteiger partial charge in [0.2, 0.25) is 0 Å². The van der Waals surface area contributed by atoms with Crippen molar-refractivity contribution in [2.24, 2.45) is 0 Å². The Bertz CT molecular complexity index is 712. The van der Waals surface area contributed by atoms with Crippen LogP contribution in [0, 0.1) is 0 Å². The van der Waals surface area contributed by atoms with Gasteiger partial charge in [-0.3, -0.25) is 0 Å². The van der Waals surface area contributed by atoms with Gasteiger partial charge in [0.05, 0.1) is 18.6 Å². The molecule has 1 aromatic rings. The Balaban J connectivity index is 1.69. The molecule has 1 aromatic carbocycles. The topological polar surface area (TPSA) is 55.8 Å². The molecule has 2 unspecified atom stereocenters. The van der Waals surface area contributed by atoms with Gasteiger partial charge in [-0.25, -0.2) is 4.79 Å². The molecular weight excluding hydrogens is 268 g/mol. The highest BCUT2D eigenvalue weighted by Crippen LogP contribution is 2.55. The van der Waals surface area contributed by atoms with Crippen LogP contribution >= 0.6 is 0 Å². The van der Waals surface area contributed by atoms with Crippen molar-refractivity contribution in [2.75, 3.05) is 13.2 Å². The van der Waals surface area contributed by atoms with Gasteiger partial charge >= 0.3 is 5.97 Å². The summed E-state index contributed by atoms with van der Waals surface area (Å²) in [5, 5.41) is 8.69. The molecular formula is C17H14O4. The van der Waals surface area contributed by atoms with E-state index in [9.17, 15) is 4.79 Å². The average Bonchev–Trinajstić information content (AvgIpc) is 2.49. The second-order valence-corrected chi connectivity index (χ2v) is 5.37. The van der Waals surface area contributed by atoms with Crippen molar-refractivity contribution in [1.82, 2.24) is 0 Å². The van der Waals surface area contributed by atoms with Gasteiger partial charge in [-0.05, 0) is 34.9 Å². The number of benzene rings is 1. The molecule has 1 N–H and O–H groups in total. The molecule has 0 amide bonds. The Morgan fingerprint density at radius 1 is 1.33 bits per heavy atom. The number of carboxylic acids is 1. The molecule has 1 aliphatic carbocycles. The third-order valence-corrected chi connectivity index (χ3v) is 4.14. The van der Waals surface area contributed by atoms with Crippen LogP contribution < -0.4 is 0 Å². The molecule has 2 atom stereocenters. The van der Waals surface area contributed by atoms with Gasteiger partial charge in [0.15, 0.2) is 0 Å². The third kappa shape index (κ3) is 1.91. The summed E-state index contributed by atoms with van der Waals surface area (Å²) >= 11 is 0. The molecule has 0 spiro atoms. The predicted molar refractivity (Wildman–Crippen MR) is 76.7 cm³/mol. The largest absolute Gasteiger partial charge is 0.493 e. The number of rotatable bonds is 2. The van der Waals surface area contributed by atoms with Crippen molar-refractivity contribution < 1.29 is 19.4 Å². The van der Waals surface area contributed by atoms with E-state index in [1.54, 1.807) is 6.08 Å². The van der Waals surface area contributed by atoms with Crippen molar-refractivity contribution in [2.45, 2.75) is 12.0 Å². The Kier molecular flexibility index (Phi) is 2.72. The van der Waals surface area contributed by atoms with Gasteiger partial charge in [0.25, 0.3) is 0 Å². The highest BCUT2D eigenvalue weighted by molar-refractivity contribution is 5.85. The van der Waals surface area contributed by atoms with Gasteiger partial charge in [-0.15, -0.1) is 0 Å². The summed E-state index contributed by atoms with van der Waals surface area (Å²) in [5.41, 5.74) is 4.36. The van der Waals surface area contributed by atoms with E-state index in [0.717, 1.165) is 28.5 Å². The Labute approximate surface area is 122 Å². The molecule has 2 heterocycles. The summed E-state index contributed by atoms with van der Waals surface area (Å²) in [6, 6.07) is 5.97. The molecule has 106 valence electrons. The van der Waals surface area contributed by atoms with Crippen molar-refractivity contribution >= 4 is 12.0 Å². The van der Waals surface area contributed by atoms with E-state index in [1.165, 1.54) is 5.56 Å². The third-order valence-electron chi connectivity index (χ3n) is 4.14. The van der Waals surface area contributed by atoms with Crippen molar-refractivity contribution in [3.8, 4) is 0 Å². The fourth-order valence-corrected chi connectivity index (χ4v) is 3.20. The number of ether oxygens (including phenoxy) is 2. The van der Waals surface area contributed by atoms with E-state index in [1.807, 2.05) is 24.3 Å². The summed E-state index contributed by atoms with van der Waals surface area (Å²) in [4.78, 5) is 10.6. The zero-order chi connectivity index (χ0) is 14.4. The predicted octanol–water partition coefficient (Wildman–Crippen LogP) is 2.79. The molecule has 21 heavy (non-hydrogen) atoms. The van der Waals surface area contributed by atoms with Gasteiger partial charge < -0.3 is 14.6 Å². The minimum absolute atomic E-state index is 0.0310. The first-order chi connectivity index (χ1) is 10.2. The van der Waals surface area contributed by atoms with Crippen LogP contribution in [-0.4, -0.2) is 24.3 Å². The molecule has 3 aliphatic rings. The minimum atomic E-state index is -0.943. The summed E-state index contributed by atoms with van der Waals surface area (Å²) in [6.45, 7) is 1.19. The minimum Gasteiger partial charge on any atom is -0.493 e. The Hall–Kier alpha value is -2.33. The monoisotopic (exact) mass is 282 g/mol. The van der Waals surface area contributed by atoms with Crippen molar-refractivity contribution in [3.63, 3.8) is 0 Å². The first kappa shape index (κ1) is 12.4. The number of hydrogen-bond acceptors (Lipinski definition) is 3. The van der Waals surface area contributed by atoms with Crippen LogP contribution in [0.1, 0.15) is 28.7 Å². The summed E-state index contributed by atoms with van der Waals surface area (Å²) < 4.78 is 11.7. The molecule has 0 radical (unpaired) electrons. The normalized spacial score (nSPS) is 25.7. The molecule has 0 aromatic heterocycles. The maximum atomic E-state index is 10.6. The number of carbonyl (C=O) groups is 1. The molecule has 0 fully saturated rings. The van der Waals surface area contributed by atoms with E-state index >= 15 is 0 Å². The van der Waals surface area contributed by atoms with Crippen LogP contribution in [-0.2, 0) is 14.3 Å². The van der Waals surface area contributed by atoms with Crippen LogP contribution in [0.5, 0.6) is 0 Å². The van der Waals surface area contributed by atoms with E-state index in [-0.39, 0.29) is 12.0 Å². The maximum absolute atomic E-state index is 10.6. The lowest BCUT2D eigenvalue weighted by Gasteiger charge is -2.44. The number of fused-ring (bicyclic) bond motifs is 5. The zero-order valence-electron chi connectivity index (χ0n) is 11.3. The smallest absolute Gasteiger partial charge is 0.328 e. The molecule has 2 aliphatic heterocycles. The highest BCUT2D eigenvalue weighted by Gasteiger charge is 2.45. The second-order valence-electron chi connectivity index (χ2n) is 5.37. The quantitative estimate of drug-likeness (QED) is 0.847. The summed E-state index contributed by atoms with van der Waals surface area (Å²) in [5.74, 6) is 0.281. The van der Waals surface area contributed by atoms with Gasteiger partial charge in [0.1, 0.15) is 12.4 Å². The van der Waals surface area contributed by atoms with Crippen molar-refractivity contribution in [1.29, 1.82) is 0 Å². The fourth-order valence-electron chi connectivity index (χ4n) is 3.20. The van der Waals surface area contributed by atoms with Crippen LogP contribution in [0.25, 0.3) is 6.08 Å². The number of hydrogen-bond donors (Lipinski definition) is 1. The van der Waals surface area contributed by atoms with Crippen LogP contribution in [0.4, 0.5) is 0 Å². The molecule has 0 saturated carbocycles. The Morgan fingerprint density at radius 2 is 2.24 bits per heavy atom. The number of carboxylic acid groups (broad SMARTS) is 1. The van der Waals surface area contributed by atoms with E-state index in [4.69, 9.17) is 14.6 Å². The fraction of sp³-hybridized carbons (Fsp3) is 0.235. The standard InChI is InChI=1S/C17H14O4/c18-14(19)6-4-10-3-5-12-13(8-10)17-15(12)16-11(9-21-17)2-1-7-20-16/h1-6,8,15,17H,7,9H2,(H,18,19). The molecule has 0 bridgehead atoms. The van der Waals surface area contributed by atoms with E-state index in [0.29, 0.717) is 13.2 Å². The lowest BCUT2D eigenvalue weighted by molar-refractivity contribution is -0.131. The van der Waals surface area contributed by atoms with Gasteiger partial charge in [-0.1, -0.05) is 18.2 Å². The lowest BCUT2D eigenvalue weighted by Crippen LogP contribution is -2.34. The van der Waals surface area contributed by atoms with Gasteiger partial charge in [0, 0.05) is 11.6 Å². The van der Waals surface area contributed by atoms with E-state index < -0.39 is 5.97 Å². The lowest BCUT2D eigenvalue weighted by atomic mass is 9.70. The second kappa shape index (κ2) is 4.60.